The van der Waals surface area contributed by atoms with E-state index < -0.39 is 0 Å². The lowest BCUT2D eigenvalue weighted by molar-refractivity contribution is 0.0931. The summed E-state index contributed by atoms with van der Waals surface area (Å²) in [6.45, 7) is 5.83. The SMILES string of the molecule is CN=C(NCc1nccn1CCc1ccccc1)NCC(C)COCc1ccccc1. The van der Waals surface area contributed by atoms with Crippen LogP contribution in [0.25, 0.3) is 0 Å². The molecule has 3 aromatic rings. The molecule has 3 rings (SSSR count). The number of rotatable bonds is 11. The van der Waals surface area contributed by atoms with Crippen LogP contribution in [0.2, 0.25) is 0 Å². The molecule has 6 nitrogen and oxygen atoms in total. The van der Waals surface area contributed by atoms with Crippen LogP contribution in [0, 0.1) is 5.92 Å². The number of hydrogen-bond acceptors (Lipinski definition) is 3. The summed E-state index contributed by atoms with van der Waals surface area (Å²) < 4.78 is 8.02. The minimum Gasteiger partial charge on any atom is -0.376 e. The number of aryl methyl sites for hydroxylation is 2. The largest absolute Gasteiger partial charge is 0.376 e. The summed E-state index contributed by atoms with van der Waals surface area (Å²) in [5, 5.41) is 6.74. The van der Waals surface area contributed by atoms with Gasteiger partial charge < -0.3 is 19.9 Å². The van der Waals surface area contributed by atoms with Crippen LogP contribution in [-0.4, -0.2) is 35.7 Å². The first kappa shape index (κ1) is 22.6. The van der Waals surface area contributed by atoms with Crippen molar-refractivity contribution in [3.63, 3.8) is 0 Å². The van der Waals surface area contributed by atoms with E-state index in [0.717, 1.165) is 31.3 Å². The zero-order chi connectivity index (χ0) is 21.7. The Morgan fingerprint density at radius 1 is 1.03 bits per heavy atom. The molecule has 31 heavy (non-hydrogen) atoms. The highest BCUT2D eigenvalue weighted by atomic mass is 16.5. The van der Waals surface area contributed by atoms with E-state index in [1.165, 1.54) is 11.1 Å². The van der Waals surface area contributed by atoms with Gasteiger partial charge in [-0.1, -0.05) is 67.6 Å². The molecule has 0 amide bonds. The minimum absolute atomic E-state index is 0.370. The molecule has 1 aromatic heterocycles. The average molecular weight is 420 g/mol. The van der Waals surface area contributed by atoms with Gasteiger partial charge in [-0.25, -0.2) is 4.98 Å². The number of aliphatic imine (C=N–C) groups is 1. The summed E-state index contributed by atoms with van der Waals surface area (Å²) in [6.07, 6.45) is 4.87. The van der Waals surface area contributed by atoms with Crippen molar-refractivity contribution in [2.45, 2.75) is 33.0 Å². The Hall–Kier alpha value is -3.12. The molecule has 1 heterocycles. The molecule has 0 aliphatic heterocycles. The topological polar surface area (TPSA) is 63.5 Å². The van der Waals surface area contributed by atoms with Crippen molar-refractivity contribution < 1.29 is 4.74 Å². The first-order valence-corrected chi connectivity index (χ1v) is 10.8. The van der Waals surface area contributed by atoms with Gasteiger partial charge in [-0.3, -0.25) is 4.99 Å². The molecular weight excluding hydrogens is 386 g/mol. The van der Waals surface area contributed by atoms with E-state index in [1.807, 2.05) is 36.7 Å². The number of nitrogens with zero attached hydrogens (tertiary/aromatic N) is 3. The number of imidazole rings is 1. The zero-order valence-corrected chi connectivity index (χ0v) is 18.5. The van der Waals surface area contributed by atoms with Gasteiger partial charge in [0.2, 0.25) is 0 Å². The van der Waals surface area contributed by atoms with E-state index in [2.05, 4.69) is 68.5 Å². The minimum atomic E-state index is 0.370. The van der Waals surface area contributed by atoms with Crippen LogP contribution >= 0.6 is 0 Å². The summed E-state index contributed by atoms with van der Waals surface area (Å²) in [5.74, 6) is 2.14. The molecule has 2 N–H and O–H groups in total. The maximum Gasteiger partial charge on any atom is 0.191 e. The van der Waals surface area contributed by atoms with Crippen molar-refractivity contribution >= 4 is 5.96 Å². The molecule has 1 atom stereocenters. The fourth-order valence-corrected chi connectivity index (χ4v) is 3.27. The predicted molar refractivity (Wildman–Crippen MR) is 126 cm³/mol. The van der Waals surface area contributed by atoms with Crippen molar-refractivity contribution in [1.29, 1.82) is 0 Å². The number of hydrogen-bond donors (Lipinski definition) is 2. The first-order chi connectivity index (χ1) is 15.2. The summed E-state index contributed by atoms with van der Waals surface area (Å²) in [6, 6.07) is 20.8. The molecule has 0 aliphatic rings. The Morgan fingerprint density at radius 2 is 1.74 bits per heavy atom. The number of ether oxygens (including phenoxy) is 1. The Balaban J connectivity index is 1.37. The lowest BCUT2D eigenvalue weighted by Crippen LogP contribution is -2.40. The van der Waals surface area contributed by atoms with E-state index in [9.17, 15) is 0 Å². The Morgan fingerprint density at radius 3 is 2.45 bits per heavy atom. The molecule has 0 saturated carbocycles. The number of nitrogens with one attached hydrogen (secondary N) is 2. The van der Waals surface area contributed by atoms with Crippen LogP contribution in [0.1, 0.15) is 23.9 Å². The number of guanidine groups is 1. The Bertz CT molecular complexity index is 908. The predicted octanol–water partition coefficient (Wildman–Crippen LogP) is 3.64. The maximum absolute atomic E-state index is 5.83. The van der Waals surface area contributed by atoms with Crippen molar-refractivity contribution in [3.8, 4) is 0 Å². The van der Waals surface area contributed by atoms with Crippen LogP contribution in [0.15, 0.2) is 78.0 Å². The highest BCUT2D eigenvalue weighted by Gasteiger charge is 2.07. The normalized spacial score (nSPS) is 12.5. The lowest BCUT2D eigenvalue weighted by Gasteiger charge is -2.16. The van der Waals surface area contributed by atoms with Crippen LogP contribution in [0.4, 0.5) is 0 Å². The summed E-state index contributed by atoms with van der Waals surface area (Å²) in [5.41, 5.74) is 2.53. The molecular formula is C25H33N5O. The van der Waals surface area contributed by atoms with Gasteiger partial charge in [-0.2, -0.15) is 0 Å². The molecule has 0 aliphatic carbocycles. The lowest BCUT2D eigenvalue weighted by atomic mass is 10.1. The van der Waals surface area contributed by atoms with E-state index >= 15 is 0 Å². The van der Waals surface area contributed by atoms with Gasteiger partial charge in [0.1, 0.15) is 5.82 Å². The smallest absolute Gasteiger partial charge is 0.191 e. The monoisotopic (exact) mass is 419 g/mol. The highest BCUT2D eigenvalue weighted by Crippen LogP contribution is 2.05. The van der Waals surface area contributed by atoms with Crippen LogP contribution < -0.4 is 10.6 Å². The molecule has 0 spiro atoms. The van der Waals surface area contributed by atoms with E-state index in [-0.39, 0.29) is 0 Å². The number of aromatic nitrogens is 2. The fourth-order valence-electron chi connectivity index (χ4n) is 3.27. The average Bonchev–Trinajstić information content (AvgIpc) is 3.26. The first-order valence-electron chi connectivity index (χ1n) is 10.8. The van der Waals surface area contributed by atoms with Crippen molar-refractivity contribution in [2.24, 2.45) is 10.9 Å². The van der Waals surface area contributed by atoms with Crippen LogP contribution in [-0.2, 0) is 30.9 Å². The summed E-state index contributed by atoms with van der Waals surface area (Å²) >= 11 is 0. The van der Waals surface area contributed by atoms with Gasteiger partial charge in [0.05, 0.1) is 19.8 Å². The van der Waals surface area contributed by atoms with Gasteiger partial charge >= 0.3 is 0 Å². The molecule has 164 valence electrons. The van der Waals surface area contributed by atoms with Crippen LogP contribution in [0.3, 0.4) is 0 Å². The second kappa shape index (κ2) is 12.5. The highest BCUT2D eigenvalue weighted by molar-refractivity contribution is 5.79. The maximum atomic E-state index is 5.83. The summed E-state index contributed by atoms with van der Waals surface area (Å²) in [4.78, 5) is 8.82. The van der Waals surface area contributed by atoms with Gasteiger partial charge in [0, 0.05) is 32.5 Å². The molecule has 0 saturated heterocycles. The molecule has 0 fully saturated rings. The molecule has 2 aromatic carbocycles. The summed E-state index contributed by atoms with van der Waals surface area (Å²) in [7, 11) is 1.79. The Kier molecular flexibility index (Phi) is 9.13. The molecule has 6 heteroatoms. The van der Waals surface area contributed by atoms with E-state index in [1.54, 1.807) is 7.05 Å². The zero-order valence-electron chi connectivity index (χ0n) is 18.5. The number of benzene rings is 2. The van der Waals surface area contributed by atoms with Crippen LogP contribution in [0.5, 0.6) is 0 Å². The van der Waals surface area contributed by atoms with Gasteiger partial charge in [0.15, 0.2) is 5.96 Å². The van der Waals surface area contributed by atoms with Crippen molar-refractivity contribution in [3.05, 3.63) is 90.0 Å². The second-order valence-corrected chi connectivity index (χ2v) is 7.69. The third-order valence-corrected chi connectivity index (χ3v) is 5.06. The van der Waals surface area contributed by atoms with Gasteiger partial charge in [-0.15, -0.1) is 0 Å². The van der Waals surface area contributed by atoms with Crippen molar-refractivity contribution in [1.82, 2.24) is 20.2 Å². The Labute approximate surface area is 185 Å². The third-order valence-electron chi connectivity index (χ3n) is 5.06. The van der Waals surface area contributed by atoms with Gasteiger partial charge in [0.25, 0.3) is 0 Å². The fraction of sp³-hybridized carbons (Fsp3) is 0.360. The second-order valence-electron chi connectivity index (χ2n) is 7.69. The van der Waals surface area contributed by atoms with Gasteiger partial charge in [-0.05, 0) is 23.5 Å². The quantitative estimate of drug-likeness (QED) is 0.368. The third kappa shape index (κ3) is 7.90. The molecule has 0 radical (unpaired) electrons. The van der Waals surface area contributed by atoms with E-state index in [4.69, 9.17) is 4.74 Å². The standard InChI is InChI=1S/C25H33N5O/c1-21(19-31-20-23-11-7-4-8-12-23)17-28-25(26-2)29-18-24-27-14-16-30(24)15-13-22-9-5-3-6-10-22/h3-12,14,16,21H,13,15,17-20H2,1-2H3,(H2,26,28,29). The molecule has 0 bridgehead atoms. The molecule has 1 unspecified atom stereocenters. The van der Waals surface area contributed by atoms with Crippen molar-refractivity contribution in [2.75, 3.05) is 20.2 Å². The van der Waals surface area contributed by atoms with E-state index in [0.29, 0.717) is 25.7 Å².